The van der Waals surface area contributed by atoms with Gasteiger partial charge in [-0.3, -0.25) is 4.79 Å². The molecule has 1 rings (SSSR count). The first kappa shape index (κ1) is 15.9. The Morgan fingerprint density at radius 1 is 1.45 bits per heavy atom. The number of alkyl halides is 3. The van der Waals surface area contributed by atoms with Gasteiger partial charge in [-0.1, -0.05) is 0 Å². The van der Waals surface area contributed by atoms with Crippen LogP contribution in [0, 0.1) is 0 Å². The van der Waals surface area contributed by atoms with Crippen molar-refractivity contribution in [1.82, 2.24) is 4.98 Å². The molecule has 0 aromatic carbocycles. The van der Waals surface area contributed by atoms with Crippen LogP contribution in [0.1, 0.15) is 12.5 Å². The molecule has 1 aromatic heterocycles. The Labute approximate surface area is 112 Å². The summed E-state index contributed by atoms with van der Waals surface area (Å²) in [5.74, 6) is -2.60. The van der Waals surface area contributed by atoms with E-state index in [-0.39, 0.29) is 12.2 Å². The van der Waals surface area contributed by atoms with E-state index in [0.29, 0.717) is 0 Å². The summed E-state index contributed by atoms with van der Waals surface area (Å²) in [6, 6.07) is 0. The van der Waals surface area contributed by atoms with Crippen LogP contribution in [0.2, 0.25) is 0 Å². The van der Waals surface area contributed by atoms with Gasteiger partial charge in [-0.15, -0.1) is 13.2 Å². The zero-order valence-electron chi connectivity index (χ0n) is 10.7. The molecule has 0 radical (unpaired) electrons. The normalized spacial score (nSPS) is 11.1. The Balaban J connectivity index is 3.14. The van der Waals surface area contributed by atoms with Crippen molar-refractivity contribution in [3.63, 3.8) is 0 Å². The third-order valence-corrected chi connectivity index (χ3v) is 2.12. The highest BCUT2D eigenvalue weighted by Crippen LogP contribution is 2.37. The number of carbonyl (C=O) groups is 1. The van der Waals surface area contributed by atoms with Crippen LogP contribution in [0.15, 0.2) is 6.20 Å². The lowest BCUT2D eigenvalue weighted by Crippen LogP contribution is -2.19. The number of pyridine rings is 1. The van der Waals surface area contributed by atoms with Crippen molar-refractivity contribution in [2.45, 2.75) is 19.7 Å². The lowest BCUT2D eigenvalue weighted by molar-refractivity contribution is -0.276. The first-order chi connectivity index (χ1) is 9.28. The fraction of sp³-hybridized carbons (Fsp3) is 0.455. The van der Waals surface area contributed by atoms with Gasteiger partial charge in [-0.2, -0.15) is 0 Å². The Kier molecular flexibility index (Phi) is 5.00. The average molecular weight is 295 g/mol. The monoisotopic (exact) mass is 295 g/mol. The predicted octanol–water partition coefficient (Wildman–Crippen LogP) is 1.80. The molecular weight excluding hydrogens is 283 g/mol. The fourth-order valence-electron chi connectivity index (χ4n) is 1.42. The smallest absolute Gasteiger partial charge is 0.506 e. The van der Waals surface area contributed by atoms with Crippen molar-refractivity contribution in [2.75, 3.05) is 13.7 Å². The van der Waals surface area contributed by atoms with Gasteiger partial charge in [0, 0.05) is 0 Å². The highest BCUT2D eigenvalue weighted by atomic mass is 19.4. The lowest BCUT2D eigenvalue weighted by atomic mass is 10.1. The molecule has 20 heavy (non-hydrogen) atoms. The molecule has 1 N–H and O–H groups in total. The van der Waals surface area contributed by atoms with E-state index >= 15 is 0 Å². The molecule has 0 fully saturated rings. The third-order valence-electron chi connectivity index (χ3n) is 2.12. The van der Waals surface area contributed by atoms with Gasteiger partial charge in [-0.05, 0) is 6.92 Å². The summed E-state index contributed by atoms with van der Waals surface area (Å²) in [6.07, 6.45) is -4.71. The molecule has 1 heterocycles. The molecule has 112 valence electrons. The highest BCUT2D eigenvalue weighted by Gasteiger charge is 2.34. The van der Waals surface area contributed by atoms with Gasteiger partial charge < -0.3 is 19.3 Å². The molecule has 0 spiro atoms. The molecule has 0 unspecified atom stereocenters. The number of aromatic hydroxyl groups is 1. The van der Waals surface area contributed by atoms with Gasteiger partial charge in [0.05, 0.1) is 31.9 Å². The summed E-state index contributed by atoms with van der Waals surface area (Å²) < 4.78 is 49.6. The molecule has 9 heteroatoms. The summed E-state index contributed by atoms with van der Waals surface area (Å²) in [5.41, 5.74) is -0.194. The maximum atomic E-state index is 12.2. The molecule has 0 saturated heterocycles. The van der Waals surface area contributed by atoms with Gasteiger partial charge in [0.1, 0.15) is 5.75 Å². The topological polar surface area (TPSA) is 77.9 Å². The van der Waals surface area contributed by atoms with E-state index in [0.717, 1.165) is 13.3 Å². The van der Waals surface area contributed by atoms with Crippen LogP contribution in [0.4, 0.5) is 13.2 Å². The summed E-state index contributed by atoms with van der Waals surface area (Å²) in [4.78, 5) is 14.6. The van der Waals surface area contributed by atoms with Crippen molar-refractivity contribution >= 4 is 5.97 Å². The first-order valence-electron chi connectivity index (χ1n) is 5.44. The second kappa shape index (κ2) is 6.31. The number of methoxy groups -OCH3 is 1. The Morgan fingerprint density at radius 2 is 2.10 bits per heavy atom. The molecular formula is C11H12F3NO5. The number of carbonyl (C=O) groups excluding carboxylic acids is 1. The fourth-order valence-corrected chi connectivity index (χ4v) is 1.42. The molecule has 6 nitrogen and oxygen atoms in total. The Morgan fingerprint density at radius 3 is 2.60 bits per heavy atom. The van der Waals surface area contributed by atoms with Crippen LogP contribution in [-0.2, 0) is 16.0 Å². The van der Waals surface area contributed by atoms with E-state index < -0.39 is 36.1 Å². The van der Waals surface area contributed by atoms with Gasteiger partial charge in [-0.25, -0.2) is 4.98 Å². The largest absolute Gasteiger partial charge is 0.574 e. The lowest BCUT2D eigenvalue weighted by Gasteiger charge is -2.15. The maximum absolute atomic E-state index is 12.2. The highest BCUT2D eigenvalue weighted by molar-refractivity contribution is 5.75. The molecule has 0 aliphatic rings. The van der Waals surface area contributed by atoms with Crippen LogP contribution in [0.3, 0.4) is 0 Å². The third kappa shape index (κ3) is 4.18. The summed E-state index contributed by atoms with van der Waals surface area (Å²) in [5, 5.41) is 9.58. The Hall–Kier alpha value is -2.19. The zero-order valence-corrected chi connectivity index (χ0v) is 10.7. The molecule has 0 amide bonds. The van der Waals surface area contributed by atoms with Gasteiger partial charge in [0.2, 0.25) is 0 Å². The summed E-state index contributed by atoms with van der Waals surface area (Å²) >= 11 is 0. The van der Waals surface area contributed by atoms with Crippen LogP contribution in [0.25, 0.3) is 0 Å². The Bertz CT molecular complexity index is 490. The van der Waals surface area contributed by atoms with Gasteiger partial charge in [0.25, 0.3) is 5.88 Å². The van der Waals surface area contributed by atoms with E-state index in [2.05, 4.69) is 14.5 Å². The molecule has 0 aliphatic carbocycles. The number of nitrogens with zero attached hydrogens (tertiary/aromatic N) is 1. The first-order valence-corrected chi connectivity index (χ1v) is 5.44. The molecule has 0 saturated carbocycles. The minimum atomic E-state index is -4.97. The predicted molar refractivity (Wildman–Crippen MR) is 59.5 cm³/mol. The van der Waals surface area contributed by atoms with E-state index in [1.54, 1.807) is 6.92 Å². The zero-order chi connectivity index (χ0) is 15.3. The summed E-state index contributed by atoms with van der Waals surface area (Å²) in [6.45, 7) is 1.67. The van der Waals surface area contributed by atoms with Gasteiger partial charge in [0.15, 0.2) is 5.75 Å². The molecule has 0 aliphatic heterocycles. The van der Waals surface area contributed by atoms with Crippen molar-refractivity contribution in [1.29, 1.82) is 0 Å². The van der Waals surface area contributed by atoms with Crippen molar-refractivity contribution in [3.8, 4) is 17.4 Å². The summed E-state index contributed by atoms with van der Waals surface area (Å²) in [7, 11) is 1.06. The van der Waals surface area contributed by atoms with Crippen LogP contribution in [-0.4, -0.2) is 36.1 Å². The second-order valence-corrected chi connectivity index (χ2v) is 3.49. The number of esters is 1. The SMILES string of the molecule is CCOC(=O)Cc1c(O)cnc(OC(F)(F)F)c1OC. The minimum absolute atomic E-state index is 0.0961. The molecule has 0 atom stereocenters. The molecule has 1 aromatic rings. The van der Waals surface area contributed by atoms with Crippen molar-refractivity contribution in [3.05, 3.63) is 11.8 Å². The van der Waals surface area contributed by atoms with Crippen LogP contribution < -0.4 is 9.47 Å². The quantitative estimate of drug-likeness (QED) is 0.835. The number of ether oxygens (including phenoxy) is 3. The van der Waals surface area contributed by atoms with E-state index in [4.69, 9.17) is 4.74 Å². The van der Waals surface area contributed by atoms with E-state index in [1.807, 2.05) is 0 Å². The maximum Gasteiger partial charge on any atom is 0.574 e. The number of halogens is 3. The average Bonchev–Trinajstić information content (AvgIpc) is 2.32. The molecule has 0 bridgehead atoms. The van der Waals surface area contributed by atoms with E-state index in [1.165, 1.54) is 0 Å². The van der Waals surface area contributed by atoms with Crippen molar-refractivity contribution in [2.24, 2.45) is 0 Å². The number of hydrogen-bond donors (Lipinski definition) is 1. The number of rotatable bonds is 5. The number of aromatic nitrogens is 1. The van der Waals surface area contributed by atoms with Gasteiger partial charge >= 0.3 is 12.3 Å². The van der Waals surface area contributed by atoms with Crippen LogP contribution in [0.5, 0.6) is 17.4 Å². The van der Waals surface area contributed by atoms with E-state index in [9.17, 15) is 23.1 Å². The number of hydrogen-bond acceptors (Lipinski definition) is 6. The second-order valence-electron chi connectivity index (χ2n) is 3.49. The van der Waals surface area contributed by atoms with Crippen molar-refractivity contribution < 1.29 is 37.3 Å². The van der Waals surface area contributed by atoms with Crippen LogP contribution >= 0.6 is 0 Å². The minimum Gasteiger partial charge on any atom is -0.506 e. The standard InChI is InChI=1S/C11H12F3NO5/c1-3-19-8(17)4-6-7(16)5-15-10(9(6)18-2)20-11(12,13)14/h5,16H,3-4H2,1-2H3.